The van der Waals surface area contributed by atoms with Gasteiger partial charge in [-0.2, -0.15) is 0 Å². The van der Waals surface area contributed by atoms with Gasteiger partial charge in [-0.3, -0.25) is 10.1 Å². The highest BCUT2D eigenvalue weighted by atomic mass is 79.9. The van der Waals surface area contributed by atoms with Crippen molar-refractivity contribution in [3.8, 4) is 0 Å². The summed E-state index contributed by atoms with van der Waals surface area (Å²) in [5.41, 5.74) is 0.953. The van der Waals surface area contributed by atoms with E-state index < -0.39 is 10.7 Å². The minimum absolute atomic E-state index is 0.0569. The van der Waals surface area contributed by atoms with Gasteiger partial charge in [0.25, 0.3) is 0 Å². The summed E-state index contributed by atoms with van der Waals surface area (Å²) in [5, 5.41) is 12.5. The maximum Gasteiger partial charge on any atom is 0.323 e. The number of carbonyl (C=O) groups is 2. The van der Waals surface area contributed by atoms with Crippen molar-refractivity contribution in [2.24, 2.45) is 0 Å². The molecule has 1 saturated carbocycles. The van der Waals surface area contributed by atoms with Crippen molar-refractivity contribution < 1.29 is 19.1 Å². The van der Waals surface area contributed by atoms with E-state index in [4.69, 9.17) is 0 Å². The van der Waals surface area contributed by atoms with Crippen LogP contribution in [0.25, 0.3) is 0 Å². The van der Waals surface area contributed by atoms with Crippen LogP contribution in [-0.4, -0.2) is 44.8 Å². The lowest BCUT2D eigenvalue weighted by atomic mass is 9.97. The molecule has 162 valence electrons. The van der Waals surface area contributed by atoms with Gasteiger partial charge in [-0.1, -0.05) is 29.2 Å². The van der Waals surface area contributed by atoms with Crippen molar-refractivity contribution in [3.05, 3.63) is 40.2 Å². The molecule has 1 aliphatic rings. The molecule has 6 nitrogen and oxygen atoms in total. The Labute approximate surface area is 191 Å². The first kappa shape index (κ1) is 23.0. The van der Waals surface area contributed by atoms with E-state index in [9.17, 15) is 19.1 Å². The third-order valence-corrected chi connectivity index (χ3v) is 8.10. The number of nitrogens with one attached hydrogen (secondary N) is 1. The molecule has 2 N–H and O–H groups in total. The zero-order valence-corrected chi connectivity index (χ0v) is 20.0. The highest BCUT2D eigenvalue weighted by Crippen LogP contribution is 2.39. The molecule has 1 aliphatic carbocycles. The molecule has 1 aromatic carbocycles. The summed E-state index contributed by atoms with van der Waals surface area (Å²) < 4.78 is 14.0. The van der Waals surface area contributed by atoms with Crippen LogP contribution in [-0.2, 0) is 4.79 Å². The monoisotopic (exact) mass is 515 g/mol. The fourth-order valence-electron chi connectivity index (χ4n) is 3.38. The van der Waals surface area contributed by atoms with Crippen LogP contribution in [0.1, 0.15) is 44.6 Å². The molecule has 2 unspecified atom stereocenters. The Bertz CT molecular complexity index is 953. The number of thioether (sulfide) groups is 1. The number of hydrogen-bond donors (Lipinski definition) is 2. The highest BCUT2D eigenvalue weighted by Gasteiger charge is 2.32. The molecule has 1 aromatic heterocycles. The number of halogens is 2. The maximum atomic E-state index is 13.8. The van der Waals surface area contributed by atoms with E-state index in [-0.39, 0.29) is 23.8 Å². The first-order chi connectivity index (χ1) is 14.1. The predicted molar refractivity (Wildman–Crippen MR) is 121 cm³/mol. The molecule has 0 bridgehead atoms. The van der Waals surface area contributed by atoms with Crippen LogP contribution in [0, 0.1) is 5.82 Å². The lowest BCUT2D eigenvalue weighted by Crippen LogP contribution is -2.38. The van der Waals surface area contributed by atoms with Crippen molar-refractivity contribution >= 4 is 56.2 Å². The van der Waals surface area contributed by atoms with E-state index in [2.05, 4.69) is 26.2 Å². The van der Waals surface area contributed by atoms with Crippen molar-refractivity contribution in [3.63, 3.8) is 0 Å². The van der Waals surface area contributed by atoms with Crippen molar-refractivity contribution in [2.75, 3.05) is 12.4 Å². The van der Waals surface area contributed by atoms with E-state index in [1.807, 2.05) is 6.07 Å². The molecule has 0 radical (unpaired) electrons. The van der Waals surface area contributed by atoms with E-state index >= 15 is 0 Å². The molecule has 0 saturated heterocycles. The van der Waals surface area contributed by atoms with Gasteiger partial charge in [0.05, 0.1) is 14.9 Å². The lowest BCUT2D eigenvalue weighted by molar-refractivity contribution is -0.138. The molecule has 2 atom stereocenters. The second-order valence-electron chi connectivity index (χ2n) is 7.78. The Hall–Kier alpha value is -1.65. The zero-order valence-electron chi connectivity index (χ0n) is 16.8. The minimum Gasteiger partial charge on any atom is -0.480 e. The average Bonchev–Trinajstić information content (AvgIpc) is 3.32. The third-order valence-electron chi connectivity index (χ3n) is 5.26. The SMILES string of the molecule is CN(C(=O)Nc1ncc(SC(C)(C)C(=O)O)s1)C1CCC(c2ccc(Br)c(F)c2)C1. The first-order valence-electron chi connectivity index (χ1n) is 9.44. The van der Waals surface area contributed by atoms with Gasteiger partial charge in [-0.05, 0) is 72.7 Å². The number of aromatic nitrogens is 1. The molecule has 0 spiro atoms. The third kappa shape index (κ3) is 5.33. The Balaban J connectivity index is 1.57. The number of nitrogens with zero attached hydrogens (tertiary/aromatic N) is 2. The molecule has 0 aliphatic heterocycles. The van der Waals surface area contributed by atoms with Crippen molar-refractivity contribution in [1.29, 1.82) is 0 Å². The normalized spacial score (nSPS) is 19.0. The Morgan fingerprint density at radius 2 is 2.13 bits per heavy atom. The van der Waals surface area contributed by atoms with Gasteiger partial charge in [-0.15, -0.1) is 0 Å². The summed E-state index contributed by atoms with van der Waals surface area (Å²) in [4.78, 5) is 29.8. The number of hydrogen-bond acceptors (Lipinski definition) is 5. The Morgan fingerprint density at radius 1 is 1.40 bits per heavy atom. The number of rotatable bonds is 6. The number of carboxylic acids is 1. The number of carboxylic acid groups (broad SMARTS) is 1. The second-order valence-corrected chi connectivity index (χ2v) is 11.6. The predicted octanol–water partition coefficient (Wildman–Crippen LogP) is 5.80. The molecular formula is C20H23BrFN3O3S2. The first-order valence-corrected chi connectivity index (χ1v) is 11.9. The van der Waals surface area contributed by atoms with Crippen molar-refractivity contribution in [2.45, 2.75) is 54.0 Å². The van der Waals surface area contributed by atoms with Crippen LogP contribution in [0.15, 0.2) is 33.1 Å². The number of benzene rings is 1. The Morgan fingerprint density at radius 3 is 2.80 bits per heavy atom. The van der Waals surface area contributed by atoms with Crippen LogP contribution in [0.5, 0.6) is 0 Å². The van der Waals surface area contributed by atoms with Gasteiger partial charge in [0, 0.05) is 13.1 Å². The molecule has 3 rings (SSSR count). The topological polar surface area (TPSA) is 82.5 Å². The van der Waals surface area contributed by atoms with Crippen LogP contribution in [0.2, 0.25) is 0 Å². The lowest BCUT2D eigenvalue weighted by Gasteiger charge is -2.24. The molecule has 2 aromatic rings. The van der Waals surface area contributed by atoms with E-state index in [0.29, 0.717) is 9.60 Å². The van der Waals surface area contributed by atoms with Crippen LogP contribution in [0.4, 0.5) is 14.3 Å². The van der Waals surface area contributed by atoms with Gasteiger partial charge in [0.15, 0.2) is 5.13 Å². The number of anilines is 1. The number of aliphatic carboxylic acids is 1. The minimum atomic E-state index is -0.976. The summed E-state index contributed by atoms with van der Waals surface area (Å²) in [6.07, 6.45) is 4.09. The second kappa shape index (κ2) is 9.23. The summed E-state index contributed by atoms with van der Waals surface area (Å²) in [7, 11) is 1.75. The summed E-state index contributed by atoms with van der Waals surface area (Å²) in [6.45, 7) is 3.25. The van der Waals surface area contributed by atoms with E-state index in [1.54, 1.807) is 44.1 Å². The highest BCUT2D eigenvalue weighted by molar-refractivity contribution is 9.10. The molecular weight excluding hydrogens is 493 g/mol. The van der Waals surface area contributed by atoms with Gasteiger partial charge < -0.3 is 10.0 Å². The number of thiazole rings is 1. The molecule has 2 amide bonds. The van der Waals surface area contributed by atoms with Crippen molar-refractivity contribution in [1.82, 2.24) is 9.88 Å². The standard InChI is InChI=1S/C20H23BrFN3O3S2/c1-20(2,17(26)27)30-16-10-23-18(29-16)24-19(28)25(3)13-6-4-11(8-13)12-5-7-14(21)15(22)9-12/h5,7,9-11,13H,4,6,8H2,1-3H3,(H,26,27)(H,23,24,28). The number of carbonyl (C=O) groups excluding carboxylic acids is 1. The Kier molecular flexibility index (Phi) is 7.09. The fourth-order valence-corrected chi connectivity index (χ4v) is 5.89. The summed E-state index contributed by atoms with van der Waals surface area (Å²) in [5.74, 6) is -0.966. The fraction of sp³-hybridized carbons (Fsp3) is 0.450. The molecule has 10 heteroatoms. The quantitative estimate of drug-likeness (QED) is 0.475. The van der Waals surface area contributed by atoms with Gasteiger partial charge in [-0.25, -0.2) is 14.2 Å². The summed E-state index contributed by atoms with van der Waals surface area (Å²) in [6, 6.07) is 5.00. The van der Waals surface area contributed by atoms with E-state index in [1.165, 1.54) is 23.1 Å². The van der Waals surface area contributed by atoms with Gasteiger partial charge in [0.2, 0.25) is 0 Å². The number of amides is 2. The van der Waals surface area contributed by atoms with Crippen LogP contribution >= 0.6 is 39.0 Å². The average molecular weight is 516 g/mol. The zero-order chi connectivity index (χ0) is 22.1. The smallest absolute Gasteiger partial charge is 0.323 e. The van der Waals surface area contributed by atoms with E-state index in [0.717, 1.165) is 29.0 Å². The molecule has 30 heavy (non-hydrogen) atoms. The van der Waals surface area contributed by atoms with Gasteiger partial charge in [0.1, 0.15) is 10.6 Å². The van der Waals surface area contributed by atoms with Crippen LogP contribution in [0.3, 0.4) is 0 Å². The summed E-state index contributed by atoms with van der Waals surface area (Å²) >= 11 is 5.62. The van der Waals surface area contributed by atoms with Crippen LogP contribution < -0.4 is 5.32 Å². The number of urea groups is 1. The molecule has 1 heterocycles. The maximum absolute atomic E-state index is 13.8. The van der Waals surface area contributed by atoms with Gasteiger partial charge >= 0.3 is 12.0 Å². The largest absolute Gasteiger partial charge is 0.480 e. The molecule has 1 fully saturated rings.